The molecule has 2 rings (SSSR count). The summed E-state index contributed by atoms with van der Waals surface area (Å²) in [7, 11) is 0. The molecule has 0 aliphatic carbocycles. The average molecular weight is 362 g/mol. The lowest BCUT2D eigenvalue weighted by Gasteiger charge is -2.22. The van der Waals surface area contributed by atoms with Gasteiger partial charge < -0.3 is 10.6 Å². The van der Waals surface area contributed by atoms with E-state index < -0.39 is 0 Å². The molecule has 0 radical (unpaired) electrons. The molecule has 1 fully saturated rings. The number of hydrogen-bond acceptors (Lipinski definition) is 2. The smallest absolute Gasteiger partial charge is 0.252 e. The average Bonchev–Trinajstić information content (AvgIpc) is 2.37. The van der Waals surface area contributed by atoms with Crippen molar-refractivity contribution in [3.8, 4) is 0 Å². The van der Waals surface area contributed by atoms with Crippen LogP contribution in [0.1, 0.15) is 23.2 Å². The molecule has 0 aromatic heterocycles. The number of halogens is 2. The van der Waals surface area contributed by atoms with Gasteiger partial charge in [0.2, 0.25) is 0 Å². The SMILES string of the molecule is O=C(NCC1CCCNC1)c1ccc(F)cc1I. The first kappa shape index (κ1) is 13.7. The van der Waals surface area contributed by atoms with Crippen molar-refractivity contribution in [2.75, 3.05) is 19.6 Å². The van der Waals surface area contributed by atoms with Gasteiger partial charge in [0.15, 0.2) is 0 Å². The van der Waals surface area contributed by atoms with E-state index in [1.165, 1.54) is 18.2 Å². The highest BCUT2D eigenvalue weighted by atomic mass is 127. The van der Waals surface area contributed by atoms with Crippen molar-refractivity contribution >= 4 is 28.5 Å². The molecule has 0 spiro atoms. The number of amides is 1. The fraction of sp³-hybridized carbons (Fsp3) is 0.462. The number of carbonyl (C=O) groups is 1. The van der Waals surface area contributed by atoms with Crippen molar-refractivity contribution in [2.24, 2.45) is 5.92 Å². The Balaban J connectivity index is 1.90. The lowest BCUT2D eigenvalue weighted by molar-refractivity contribution is 0.0944. The van der Waals surface area contributed by atoms with E-state index in [0.29, 0.717) is 21.6 Å². The van der Waals surface area contributed by atoms with Gasteiger partial charge in [-0.3, -0.25) is 4.79 Å². The number of nitrogens with one attached hydrogen (secondary N) is 2. The molecule has 1 aromatic carbocycles. The van der Waals surface area contributed by atoms with E-state index in [-0.39, 0.29) is 11.7 Å². The number of piperidine rings is 1. The molecule has 3 nitrogen and oxygen atoms in total. The van der Waals surface area contributed by atoms with Crippen LogP contribution in [0.4, 0.5) is 4.39 Å². The van der Waals surface area contributed by atoms with E-state index in [9.17, 15) is 9.18 Å². The van der Waals surface area contributed by atoms with E-state index in [2.05, 4.69) is 10.6 Å². The molecule has 1 aliphatic heterocycles. The van der Waals surface area contributed by atoms with Crippen LogP contribution in [0.25, 0.3) is 0 Å². The molecule has 1 atom stereocenters. The molecule has 1 unspecified atom stereocenters. The van der Waals surface area contributed by atoms with E-state index in [1.807, 2.05) is 22.6 Å². The van der Waals surface area contributed by atoms with Crippen molar-refractivity contribution in [2.45, 2.75) is 12.8 Å². The van der Waals surface area contributed by atoms with Gasteiger partial charge in [-0.2, -0.15) is 0 Å². The Labute approximate surface area is 120 Å². The fourth-order valence-corrected chi connectivity index (χ4v) is 2.83. The molecule has 1 amide bonds. The molecule has 1 saturated heterocycles. The summed E-state index contributed by atoms with van der Waals surface area (Å²) in [5, 5.41) is 6.24. The second-order valence-electron chi connectivity index (χ2n) is 4.55. The Bertz CT molecular complexity index is 433. The van der Waals surface area contributed by atoms with Crippen molar-refractivity contribution in [1.29, 1.82) is 0 Å². The minimum atomic E-state index is -0.313. The highest BCUT2D eigenvalue weighted by molar-refractivity contribution is 14.1. The molecule has 1 aromatic rings. The monoisotopic (exact) mass is 362 g/mol. The first-order chi connectivity index (χ1) is 8.66. The summed E-state index contributed by atoms with van der Waals surface area (Å²) >= 11 is 1.98. The quantitative estimate of drug-likeness (QED) is 0.810. The summed E-state index contributed by atoms with van der Waals surface area (Å²) in [4.78, 5) is 12.0. The van der Waals surface area contributed by atoms with Crippen LogP contribution in [0, 0.1) is 15.3 Å². The minimum Gasteiger partial charge on any atom is -0.352 e. The molecule has 0 bridgehead atoms. The molecule has 1 heterocycles. The summed E-state index contributed by atoms with van der Waals surface area (Å²) in [6, 6.07) is 4.22. The zero-order chi connectivity index (χ0) is 13.0. The minimum absolute atomic E-state index is 0.120. The second kappa shape index (κ2) is 6.47. The Hall–Kier alpha value is -0.690. The molecule has 18 heavy (non-hydrogen) atoms. The van der Waals surface area contributed by atoms with Crippen LogP contribution in [0.15, 0.2) is 18.2 Å². The number of benzene rings is 1. The maximum absolute atomic E-state index is 12.9. The van der Waals surface area contributed by atoms with Gasteiger partial charge >= 0.3 is 0 Å². The predicted molar refractivity (Wildman–Crippen MR) is 77.0 cm³/mol. The molecule has 2 N–H and O–H groups in total. The molecule has 0 saturated carbocycles. The van der Waals surface area contributed by atoms with Crippen LogP contribution in [0.3, 0.4) is 0 Å². The van der Waals surface area contributed by atoms with Crippen molar-refractivity contribution < 1.29 is 9.18 Å². The van der Waals surface area contributed by atoms with Gasteiger partial charge in [0.25, 0.3) is 5.91 Å². The van der Waals surface area contributed by atoms with E-state index in [1.54, 1.807) is 0 Å². The Morgan fingerprint density at radius 2 is 2.39 bits per heavy atom. The third kappa shape index (κ3) is 3.65. The van der Waals surface area contributed by atoms with Gasteiger partial charge in [-0.25, -0.2) is 4.39 Å². The van der Waals surface area contributed by atoms with Gasteiger partial charge in [0.05, 0.1) is 5.56 Å². The lowest BCUT2D eigenvalue weighted by atomic mass is 10.00. The zero-order valence-corrected chi connectivity index (χ0v) is 12.2. The fourth-order valence-electron chi connectivity index (χ4n) is 2.10. The topological polar surface area (TPSA) is 41.1 Å². The molecule has 1 aliphatic rings. The first-order valence-corrected chi connectivity index (χ1v) is 7.18. The largest absolute Gasteiger partial charge is 0.352 e. The lowest BCUT2D eigenvalue weighted by Crippen LogP contribution is -2.38. The summed E-state index contributed by atoms with van der Waals surface area (Å²) in [6.45, 7) is 2.71. The van der Waals surface area contributed by atoms with Gasteiger partial charge in [-0.05, 0) is 72.6 Å². The summed E-state index contributed by atoms with van der Waals surface area (Å²) in [5.74, 6) is 0.0678. The van der Waals surface area contributed by atoms with E-state index >= 15 is 0 Å². The summed E-state index contributed by atoms with van der Waals surface area (Å²) < 4.78 is 13.6. The van der Waals surface area contributed by atoms with Crippen LogP contribution in [0.5, 0.6) is 0 Å². The Kier molecular flexibility index (Phi) is 4.94. The normalized spacial score (nSPS) is 19.6. The molecular formula is C13H16FIN2O. The number of rotatable bonds is 3. The van der Waals surface area contributed by atoms with Gasteiger partial charge in [-0.15, -0.1) is 0 Å². The van der Waals surface area contributed by atoms with Crippen molar-refractivity contribution in [3.63, 3.8) is 0 Å². The van der Waals surface area contributed by atoms with Crippen LogP contribution >= 0.6 is 22.6 Å². The number of carbonyl (C=O) groups excluding carboxylic acids is 1. The third-order valence-electron chi connectivity index (χ3n) is 3.13. The summed E-state index contributed by atoms with van der Waals surface area (Å²) in [5.41, 5.74) is 0.542. The van der Waals surface area contributed by atoms with Gasteiger partial charge in [0, 0.05) is 10.1 Å². The van der Waals surface area contributed by atoms with Crippen molar-refractivity contribution in [3.05, 3.63) is 33.1 Å². The Morgan fingerprint density at radius 3 is 3.06 bits per heavy atom. The second-order valence-corrected chi connectivity index (χ2v) is 5.71. The number of hydrogen-bond donors (Lipinski definition) is 2. The van der Waals surface area contributed by atoms with Crippen molar-refractivity contribution in [1.82, 2.24) is 10.6 Å². The maximum Gasteiger partial charge on any atom is 0.252 e. The highest BCUT2D eigenvalue weighted by Gasteiger charge is 2.15. The van der Waals surface area contributed by atoms with E-state index in [4.69, 9.17) is 0 Å². The predicted octanol–water partition coefficient (Wildman–Crippen LogP) is 2.16. The zero-order valence-electron chi connectivity index (χ0n) is 10.0. The highest BCUT2D eigenvalue weighted by Crippen LogP contribution is 2.14. The van der Waals surface area contributed by atoms with Gasteiger partial charge in [0.1, 0.15) is 5.82 Å². The van der Waals surface area contributed by atoms with Crippen LogP contribution in [-0.4, -0.2) is 25.5 Å². The molecule has 98 valence electrons. The standard InChI is InChI=1S/C13H16FIN2O/c14-10-3-4-11(12(15)6-10)13(18)17-8-9-2-1-5-16-7-9/h3-4,6,9,16H,1-2,5,7-8H2,(H,17,18). The molecular weight excluding hydrogens is 346 g/mol. The summed E-state index contributed by atoms with van der Waals surface area (Å²) in [6.07, 6.45) is 2.31. The first-order valence-electron chi connectivity index (χ1n) is 6.11. The van der Waals surface area contributed by atoms with Crippen LogP contribution in [0.2, 0.25) is 0 Å². The maximum atomic E-state index is 12.9. The van der Waals surface area contributed by atoms with Crippen LogP contribution in [-0.2, 0) is 0 Å². The third-order valence-corrected chi connectivity index (χ3v) is 4.02. The Morgan fingerprint density at radius 1 is 1.56 bits per heavy atom. The molecule has 5 heteroatoms. The van der Waals surface area contributed by atoms with E-state index in [0.717, 1.165) is 25.9 Å². The van der Waals surface area contributed by atoms with Crippen LogP contribution < -0.4 is 10.6 Å². The van der Waals surface area contributed by atoms with Gasteiger partial charge in [-0.1, -0.05) is 0 Å².